The van der Waals surface area contributed by atoms with Crippen molar-refractivity contribution in [1.82, 2.24) is 14.5 Å². The molecule has 0 atom stereocenters. The highest BCUT2D eigenvalue weighted by molar-refractivity contribution is 7.90. The number of methoxy groups -OCH3 is 1. The zero-order chi connectivity index (χ0) is 22.7. The van der Waals surface area contributed by atoms with Gasteiger partial charge in [-0.2, -0.15) is 0 Å². The molecule has 1 amide bonds. The maximum absolute atomic E-state index is 13.3. The third-order valence-corrected chi connectivity index (χ3v) is 7.67. The van der Waals surface area contributed by atoms with Gasteiger partial charge < -0.3 is 14.2 Å². The van der Waals surface area contributed by atoms with E-state index in [0.29, 0.717) is 28.4 Å². The number of imidazole rings is 1. The van der Waals surface area contributed by atoms with E-state index in [1.807, 2.05) is 11.4 Å². The Labute approximate surface area is 191 Å². The van der Waals surface area contributed by atoms with Crippen LogP contribution in [0.15, 0.2) is 65.8 Å². The highest BCUT2D eigenvalue weighted by atomic mass is 32.2. The molecule has 2 heterocycles. The number of thiophene rings is 1. The summed E-state index contributed by atoms with van der Waals surface area (Å²) >= 11 is 1.38. The fourth-order valence-corrected chi connectivity index (χ4v) is 5.84. The summed E-state index contributed by atoms with van der Waals surface area (Å²) in [6, 6.07) is 10.7. The van der Waals surface area contributed by atoms with Gasteiger partial charge in [0.15, 0.2) is 0 Å². The van der Waals surface area contributed by atoms with Crippen molar-refractivity contribution in [2.45, 2.75) is 36.3 Å². The lowest BCUT2D eigenvalue weighted by molar-refractivity contribution is 0.0763. The molecule has 0 N–H and O–H groups in total. The van der Waals surface area contributed by atoms with Crippen molar-refractivity contribution in [3.05, 3.63) is 76.8 Å². The Kier molecular flexibility index (Phi) is 6.48. The maximum Gasteiger partial charge on any atom is 0.264 e. The summed E-state index contributed by atoms with van der Waals surface area (Å²) in [6.07, 6.45) is 5.04. The van der Waals surface area contributed by atoms with Crippen LogP contribution in [0.25, 0.3) is 0 Å². The summed E-state index contributed by atoms with van der Waals surface area (Å²) in [7, 11) is -2.14. The Morgan fingerprint density at radius 3 is 2.81 bits per heavy atom. The van der Waals surface area contributed by atoms with Crippen molar-refractivity contribution in [3.63, 3.8) is 0 Å². The van der Waals surface area contributed by atoms with E-state index in [0.717, 1.165) is 12.8 Å². The molecule has 0 saturated heterocycles. The molecule has 1 aliphatic rings. The molecule has 1 aromatic carbocycles. The van der Waals surface area contributed by atoms with Gasteiger partial charge in [0.25, 0.3) is 5.91 Å². The van der Waals surface area contributed by atoms with Crippen LogP contribution in [0.1, 0.15) is 39.8 Å². The van der Waals surface area contributed by atoms with Gasteiger partial charge in [-0.25, -0.2) is 13.4 Å². The molecule has 7 nitrogen and oxygen atoms in total. The molecule has 168 valence electrons. The Morgan fingerprint density at radius 1 is 1.34 bits per heavy atom. The van der Waals surface area contributed by atoms with Gasteiger partial charge >= 0.3 is 0 Å². The molecule has 0 aliphatic heterocycles. The summed E-state index contributed by atoms with van der Waals surface area (Å²) in [5, 5.41) is 1.91. The average molecular weight is 472 g/mol. The maximum atomic E-state index is 13.3. The molecule has 0 radical (unpaired) electrons. The normalized spacial score (nSPS) is 13.7. The van der Waals surface area contributed by atoms with Crippen LogP contribution in [-0.2, 0) is 22.1 Å². The van der Waals surface area contributed by atoms with Crippen LogP contribution in [0.4, 0.5) is 0 Å². The molecule has 4 rings (SSSR count). The number of hydrogen-bond acceptors (Lipinski definition) is 6. The molecule has 2 aromatic heterocycles. The van der Waals surface area contributed by atoms with Crippen molar-refractivity contribution in [2.24, 2.45) is 0 Å². The van der Waals surface area contributed by atoms with Crippen LogP contribution in [0.5, 0.6) is 5.75 Å². The van der Waals surface area contributed by atoms with Crippen LogP contribution >= 0.6 is 11.3 Å². The number of hydrogen-bond donors (Lipinski definition) is 0. The lowest BCUT2D eigenvalue weighted by Gasteiger charge is -2.21. The molecule has 1 saturated carbocycles. The molecular weight excluding hydrogens is 446 g/mol. The summed E-state index contributed by atoms with van der Waals surface area (Å²) in [5.41, 5.74) is 1.35. The minimum absolute atomic E-state index is 0.0555. The Bertz CT molecular complexity index is 1210. The minimum atomic E-state index is -3.69. The number of amides is 1. The fourth-order valence-electron chi connectivity index (χ4n) is 3.62. The van der Waals surface area contributed by atoms with Gasteiger partial charge in [0.2, 0.25) is 15.0 Å². The van der Waals surface area contributed by atoms with Crippen molar-refractivity contribution >= 4 is 27.1 Å². The van der Waals surface area contributed by atoms with Gasteiger partial charge in [-0.15, -0.1) is 17.9 Å². The summed E-state index contributed by atoms with van der Waals surface area (Å²) in [4.78, 5) is 19.5. The van der Waals surface area contributed by atoms with Crippen molar-refractivity contribution in [1.29, 1.82) is 0 Å². The van der Waals surface area contributed by atoms with Crippen molar-refractivity contribution in [2.75, 3.05) is 13.7 Å². The number of carbonyl (C=O) groups excluding carboxylic acids is 1. The lowest BCUT2D eigenvalue weighted by atomic mass is 10.2. The standard InChI is InChI=1S/C23H25N3O4S2/c1-3-11-25(22(27)21-8-5-12-31-21)15-19-14-24-23(26(19)18-9-10-18)32(28,29)16-17-6-4-7-20(13-17)30-2/h3-8,12-14,18H,1,9-11,15-16H2,2H3. The van der Waals surface area contributed by atoms with E-state index in [4.69, 9.17) is 4.74 Å². The average Bonchev–Trinajstić information content (AvgIpc) is 3.28. The van der Waals surface area contributed by atoms with Gasteiger partial charge in [-0.3, -0.25) is 4.79 Å². The van der Waals surface area contributed by atoms with E-state index >= 15 is 0 Å². The zero-order valence-corrected chi connectivity index (χ0v) is 19.4. The van der Waals surface area contributed by atoms with Gasteiger partial charge in [-0.1, -0.05) is 24.3 Å². The van der Waals surface area contributed by atoms with E-state index in [-0.39, 0.29) is 29.4 Å². The molecule has 0 spiro atoms. The van der Waals surface area contributed by atoms with E-state index < -0.39 is 9.84 Å². The number of rotatable bonds is 10. The zero-order valence-electron chi connectivity index (χ0n) is 17.8. The van der Waals surface area contributed by atoms with E-state index in [2.05, 4.69) is 11.6 Å². The quantitative estimate of drug-likeness (QED) is 0.416. The number of nitrogens with zero attached hydrogens (tertiary/aromatic N) is 3. The van der Waals surface area contributed by atoms with Crippen LogP contribution in [0.3, 0.4) is 0 Å². The predicted molar refractivity (Wildman–Crippen MR) is 124 cm³/mol. The van der Waals surface area contributed by atoms with Crippen molar-refractivity contribution < 1.29 is 17.9 Å². The second-order valence-electron chi connectivity index (χ2n) is 7.70. The Balaban J connectivity index is 1.63. The Hall–Kier alpha value is -2.91. The molecular formula is C23H25N3O4S2. The van der Waals surface area contributed by atoms with Crippen molar-refractivity contribution in [3.8, 4) is 5.75 Å². The third kappa shape index (κ3) is 4.78. The summed E-state index contributed by atoms with van der Waals surface area (Å²) < 4.78 is 33.6. The molecule has 9 heteroatoms. The first-order valence-electron chi connectivity index (χ1n) is 10.3. The number of ether oxygens (including phenoxy) is 1. The van der Waals surface area contributed by atoms with Crippen LogP contribution < -0.4 is 4.74 Å². The molecule has 1 fully saturated rings. The monoisotopic (exact) mass is 471 g/mol. The van der Waals surface area contributed by atoms with Crippen LogP contribution in [-0.4, -0.2) is 42.4 Å². The number of benzene rings is 1. The highest BCUT2D eigenvalue weighted by Gasteiger charge is 2.34. The topological polar surface area (TPSA) is 81.5 Å². The van der Waals surface area contributed by atoms with Gasteiger partial charge in [0.05, 0.1) is 36.2 Å². The molecule has 1 aliphatic carbocycles. The van der Waals surface area contributed by atoms with E-state index in [1.165, 1.54) is 11.3 Å². The van der Waals surface area contributed by atoms with Gasteiger partial charge in [0.1, 0.15) is 5.75 Å². The highest BCUT2D eigenvalue weighted by Crippen LogP contribution is 2.39. The number of carbonyl (C=O) groups is 1. The summed E-state index contributed by atoms with van der Waals surface area (Å²) in [5.74, 6) is 0.332. The SMILES string of the molecule is C=CCN(Cc1cnc(S(=O)(=O)Cc2cccc(OC)c2)n1C1CC1)C(=O)c1cccs1. The second kappa shape index (κ2) is 9.30. The molecule has 32 heavy (non-hydrogen) atoms. The van der Waals surface area contributed by atoms with Gasteiger partial charge in [0, 0.05) is 12.6 Å². The number of sulfone groups is 1. The molecule has 3 aromatic rings. The Morgan fingerprint density at radius 2 is 2.16 bits per heavy atom. The van der Waals surface area contributed by atoms with Crippen LogP contribution in [0, 0.1) is 0 Å². The summed E-state index contributed by atoms with van der Waals surface area (Å²) in [6.45, 7) is 4.39. The predicted octanol–water partition coefficient (Wildman–Crippen LogP) is 4.09. The largest absolute Gasteiger partial charge is 0.497 e. The third-order valence-electron chi connectivity index (χ3n) is 5.24. The first-order chi connectivity index (χ1) is 15.4. The molecule has 0 bridgehead atoms. The van der Waals surface area contributed by atoms with Gasteiger partial charge in [-0.05, 0) is 42.0 Å². The first-order valence-corrected chi connectivity index (χ1v) is 12.8. The minimum Gasteiger partial charge on any atom is -0.497 e. The number of aromatic nitrogens is 2. The van der Waals surface area contributed by atoms with Crippen LogP contribution in [0.2, 0.25) is 0 Å². The van der Waals surface area contributed by atoms with E-state index in [9.17, 15) is 13.2 Å². The second-order valence-corrected chi connectivity index (χ2v) is 10.5. The molecule has 0 unspecified atom stereocenters. The smallest absolute Gasteiger partial charge is 0.264 e. The fraction of sp³-hybridized carbons (Fsp3) is 0.304. The first kappa shape index (κ1) is 22.3. The van der Waals surface area contributed by atoms with E-state index in [1.54, 1.807) is 59.2 Å². The lowest BCUT2D eigenvalue weighted by Crippen LogP contribution is -2.31.